The molecule has 6 aromatic rings. The predicted molar refractivity (Wildman–Crippen MR) is 231 cm³/mol. The summed E-state index contributed by atoms with van der Waals surface area (Å²) >= 11 is 0. The summed E-state index contributed by atoms with van der Waals surface area (Å²) in [6.45, 7) is 19.1. The van der Waals surface area contributed by atoms with Gasteiger partial charge in [0.2, 0.25) is 0 Å². The summed E-state index contributed by atoms with van der Waals surface area (Å²) in [5.41, 5.74) is 7.02. The number of hydrogen-bond acceptors (Lipinski definition) is 8. The number of hydrogen-bond donors (Lipinski definition) is 0. The third-order valence-corrected chi connectivity index (χ3v) is 11.1. The molecule has 6 rings (SSSR count). The maximum atomic E-state index is 12.9. The fourth-order valence-corrected chi connectivity index (χ4v) is 7.96. The van der Waals surface area contributed by atoms with Crippen LogP contribution in [-0.4, -0.2) is 14.2 Å². The predicted octanol–water partition coefficient (Wildman–Crippen LogP) is 14.1. The molecule has 0 amide bonds. The highest BCUT2D eigenvalue weighted by molar-refractivity contribution is 7.49. The minimum Gasteiger partial charge on any atom is -0.395 e. The van der Waals surface area contributed by atoms with Gasteiger partial charge in [0, 0.05) is 14.2 Å². The quantitative estimate of drug-likeness (QED) is 0.127. The molecule has 0 heterocycles. The Labute approximate surface area is 334 Å². The van der Waals surface area contributed by atoms with E-state index in [0.717, 1.165) is 44.5 Å². The average Bonchev–Trinajstić information content (AvgIpc) is 3.19. The summed E-state index contributed by atoms with van der Waals surface area (Å²) in [5.74, 6) is 2.11. The van der Waals surface area contributed by atoms with E-state index in [-0.39, 0.29) is 0 Å². The molecule has 0 spiro atoms. The summed E-state index contributed by atoms with van der Waals surface area (Å²) in [7, 11) is -4.86. The molecular weight excluding hydrogens is 742 g/mol. The van der Waals surface area contributed by atoms with Crippen molar-refractivity contribution in [3.8, 4) is 23.0 Å². The van der Waals surface area contributed by atoms with E-state index in [9.17, 15) is 9.13 Å². The molecule has 0 unspecified atom stereocenters. The number of aryl methyl sites for hydroxylation is 8. The lowest BCUT2D eigenvalue weighted by Gasteiger charge is -2.21. The molecule has 0 aromatic heterocycles. The molecule has 0 aliphatic carbocycles. The first-order valence-electron chi connectivity index (χ1n) is 18.5. The van der Waals surface area contributed by atoms with Crippen molar-refractivity contribution in [1.82, 2.24) is 0 Å². The minimum absolute atomic E-state index is 0.527. The molecule has 0 radical (unpaired) electrons. The van der Waals surface area contributed by atoms with Crippen molar-refractivity contribution in [3.05, 3.63) is 166 Å². The zero-order valence-corrected chi connectivity index (χ0v) is 36.5. The van der Waals surface area contributed by atoms with Crippen LogP contribution >= 0.6 is 15.6 Å². The Bertz CT molecular complexity index is 1900. The van der Waals surface area contributed by atoms with Gasteiger partial charge in [-0.05, 0) is 111 Å². The van der Waals surface area contributed by atoms with Crippen LogP contribution < -0.4 is 18.1 Å². The molecule has 0 atom stereocenters. The van der Waals surface area contributed by atoms with Crippen LogP contribution in [0.5, 0.6) is 23.0 Å². The van der Waals surface area contributed by atoms with Gasteiger partial charge in [-0.25, -0.2) is 9.13 Å². The summed E-state index contributed by atoms with van der Waals surface area (Å²) in [6.07, 6.45) is 0. The molecule has 0 saturated carbocycles. The summed E-state index contributed by atoms with van der Waals surface area (Å²) in [6, 6.07) is 39.5. The largest absolute Gasteiger partial charge is 0.587 e. The standard InChI is InChI=1S/2C17H21O4P.C10H8.C2H6/c2*1-12-8-6-9-13(2)16(12)20-22(18,19-5)21-17-14(3)10-7-11-15(17)4;1-2-6-10-8-4-3-7-9(10)5-1;1-2/h2*6-11H,1-5H3;1-8H;1-2H3. The van der Waals surface area contributed by atoms with Crippen molar-refractivity contribution in [2.75, 3.05) is 14.2 Å². The van der Waals surface area contributed by atoms with Gasteiger partial charge < -0.3 is 18.1 Å². The topological polar surface area (TPSA) is 89.5 Å². The molecule has 0 saturated heterocycles. The molecule has 0 fully saturated rings. The summed E-state index contributed by atoms with van der Waals surface area (Å²) in [5, 5.41) is 2.62. The molecule has 0 N–H and O–H groups in total. The molecule has 8 nitrogen and oxygen atoms in total. The van der Waals surface area contributed by atoms with Gasteiger partial charge in [0.1, 0.15) is 23.0 Å². The highest BCUT2D eigenvalue weighted by Gasteiger charge is 2.32. The van der Waals surface area contributed by atoms with E-state index >= 15 is 0 Å². The van der Waals surface area contributed by atoms with Crippen LogP contribution in [0, 0.1) is 55.4 Å². The van der Waals surface area contributed by atoms with Gasteiger partial charge in [0.25, 0.3) is 0 Å². The Morgan fingerprint density at radius 2 is 0.500 bits per heavy atom. The average molecular weight is 799 g/mol. The number of phosphoric acid groups is 2. The highest BCUT2D eigenvalue weighted by atomic mass is 31.2. The number of phosphoric ester groups is 2. The van der Waals surface area contributed by atoms with E-state index in [1.807, 2.05) is 142 Å². The van der Waals surface area contributed by atoms with Crippen molar-refractivity contribution in [1.29, 1.82) is 0 Å². The Kier molecular flexibility index (Phi) is 17.5. The van der Waals surface area contributed by atoms with Crippen LogP contribution in [0.2, 0.25) is 0 Å². The SMILES string of the molecule is CC.COP(=O)(Oc1c(C)cccc1C)Oc1c(C)cccc1C.COP(=O)(Oc1c(C)cccc1C)Oc1c(C)cccc1C.c1ccc2ccccc2c1. The van der Waals surface area contributed by atoms with Gasteiger partial charge in [0.05, 0.1) is 0 Å². The lowest BCUT2D eigenvalue weighted by Crippen LogP contribution is -2.06. The van der Waals surface area contributed by atoms with Crippen molar-refractivity contribution in [2.45, 2.75) is 69.2 Å². The molecule has 0 aliphatic rings. The molecule has 0 aliphatic heterocycles. The zero-order chi connectivity index (χ0) is 41.5. The lowest BCUT2D eigenvalue weighted by atomic mass is 10.1. The zero-order valence-electron chi connectivity index (χ0n) is 34.7. The van der Waals surface area contributed by atoms with Crippen molar-refractivity contribution >= 4 is 26.4 Å². The molecular formula is C46H56O8P2. The minimum atomic E-state index is -3.75. The van der Waals surface area contributed by atoms with Crippen LogP contribution in [0.3, 0.4) is 0 Å². The van der Waals surface area contributed by atoms with Crippen LogP contribution in [0.1, 0.15) is 58.4 Å². The van der Waals surface area contributed by atoms with E-state index in [2.05, 4.69) is 48.5 Å². The molecule has 10 heteroatoms. The lowest BCUT2D eigenvalue weighted by molar-refractivity contribution is 0.246. The molecule has 6 aromatic carbocycles. The van der Waals surface area contributed by atoms with E-state index in [4.69, 9.17) is 27.1 Å². The smallest absolute Gasteiger partial charge is 0.395 e. The van der Waals surface area contributed by atoms with Crippen LogP contribution in [0.25, 0.3) is 10.8 Å². The Morgan fingerprint density at radius 1 is 0.321 bits per heavy atom. The fourth-order valence-electron chi connectivity index (χ4n) is 5.54. The first-order chi connectivity index (χ1) is 26.7. The number of para-hydroxylation sites is 4. The number of benzene rings is 6. The molecule has 0 bridgehead atoms. The van der Waals surface area contributed by atoms with Gasteiger partial charge in [0.15, 0.2) is 0 Å². The summed E-state index contributed by atoms with van der Waals surface area (Å²) < 4.78 is 58.4. The van der Waals surface area contributed by atoms with Crippen LogP contribution in [-0.2, 0) is 18.2 Å². The number of rotatable bonds is 10. The second kappa shape index (κ2) is 21.5. The van der Waals surface area contributed by atoms with Crippen molar-refractivity contribution in [2.24, 2.45) is 0 Å². The highest BCUT2D eigenvalue weighted by Crippen LogP contribution is 2.52. The normalized spacial score (nSPS) is 10.8. The van der Waals surface area contributed by atoms with E-state index in [0.29, 0.717) is 23.0 Å². The van der Waals surface area contributed by atoms with Crippen molar-refractivity contribution < 1.29 is 36.3 Å². The molecule has 56 heavy (non-hydrogen) atoms. The third kappa shape index (κ3) is 12.6. The maximum Gasteiger partial charge on any atom is 0.587 e. The second-order valence-corrected chi connectivity index (χ2v) is 16.1. The van der Waals surface area contributed by atoms with Crippen LogP contribution in [0.15, 0.2) is 121 Å². The first kappa shape index (κ1) is 45.5. The fraction of sp³-hybridized carbons (Fsp3) is 0.261. The van der Waals surface area contributed by atoms with Gasteiger partial charge in [-0.3, -0.25) is 9.05 Å². The van der Waals surface area contributed by atoms with E-state index < -0.39 is 15.6 Å². The van der Waals surface area contributed by atoms with Crippen LogP contribution in [0.4, 0.5) is 0 Å². The Hall–Kier alpha value is -4.84. The Morgan fingerprint density at radius 3 is 0.661 bits per heavy atom. The van der Waals surface area contributed by atoms with Gasteiger partial charge >= 0.3 is 15.6 Å². The summed E-state index contributed by atoms with van der Waals surface area (Å²) in [4.78, 5) is 0. The first-order valence-corrected chi connectivity index (χ1v) is 21.4. The maximum absolute atomic E-state index is 12.9. The van der Waals surface area contributed by atoms with E-state index in [1.165, 1.54) is 25.0 Å². The second-order valence-electron chi connectivity index (χ2n) is 12.9. The van der Waals surface area contributed by atoms with Gasteiger partial charge in [-0.2, -0.15) is 0 Å². The monoisotopic (exact) mass is 798 g/mol. The van der Waals surface area contributed by atoms with Gasteiger partial charge in [-0.1, -0.05) is 135 Å². The van der Waals surface area contributed by atoms with Crippen molar-refractivity contribution in [3.63, 3.8) is 0 Å². The van der Waals surface area contributed by atoms with E-state index in [1.54, 1.807) is 0 Å². The van der Waals surface area contributed by atoms with Gasteiger partial charge in [-0.15, -0.1) is 0 Å². The number of fused-ring (bicyclic) bond motifs is 1. The Balaban J connectivity index is 0.000000234. The molecule has 298 valence electrons. The third-order valence-electron chi connectivity index (χ3n) is 8.55.